The van der Waals surface area contributed by atoms with Crippen molar-refractivity contribution in [2.24, 2.45) is 7.05 Å². The summed E-state index contributed by atoms with van der Waals surface area (Å²) in [5, 5.41) is 2.13. The first-order valence-electron chi connectivity index (χ1n) is 5.71. The number of fused-ring (bicyclic) bond motifs is 1. The van der Waals surface area contributed by atoms with Gasteiger partial charge in [-0.05, 0) is 11.5 Å². The van der Waals surface area contributed by atoms with Crippen molar-refractivity contribution < 1.29 is 0 Å². The van der Waals surface area contributed by atoms with E-state index in [1.54, 1.807) is 16.4 Å². The summed E-state index contributed by atoms with van der Waals surface area (Å²) in [5.74, 6) is 0.452. The van der Waals surface area contributed by atoms with Crippen LogP contribution in [0.1, 0.15) is 0 Å². The monoisotopic (exact) mass is 239 g/mol. The van der Waals surface area contributed by atoms with Crippen LogP contribution in [0.4, 0.5) is 5.82 Å². The van der Waals surface area contributed by atoms with Gasteiger partial charge in [0, 0.05) is 18.5 Å². The van der Waals surface area contributed by atoms with E-state index in [-0.39, 0.29) is 5.56 Å². The predicted octanol–water partition coefficient (Wildman–Crippen LogP) is 1.91. The maximum Gasteiger partial charge on any atom is 0.273 e. The molecule has 3 rings (SSSR count). The topological polar surface area (TPSA) is 52.9 Å². The summed E-state index contributed by atoms with van der Waals surface area (Å²) < 4.78 is 3.24. The lowest BCUT2D eigenvalue weighted by Crippen LogP contribution is -2.19. The molecule has 0 atom stereocenters. The molecule has 0 aliphatic rings. The van der Waals surface area contributed by atoms with Gasteiger partial charge in [-0.2, -0.15) is 0 Å². The summed E-state index contributed by atoms with van der Waals surface area (Å²) in [4.78, 5) is 12.0. The summed E-state index contributed by atoms with van der Waals surface area (Å²) >= 11 is 0. The maximum atomic E-state index is 12.0. The third kappa shape index (κ3) is 1.43. The Morgan fingerprint density at radius 1 is 1.06 bits per heavy atom. The first-order valence-corrected chi connectivity index (χ1v) is 5.71. The molecule has 1 heterocycles. The first kappa shape index (κ1) is 10.7. The smallest absolute Gasteiger partial charge is 0.273 e. The highest BCUT2D eigenvalue weighted by Crippen LogP contribution is 2.21. The molecule has 1 aromatic heterocycles. The quantitative estimate of drug-likeness (QED) is 0.705. The number of aromatic nitrogens is 2. The molecule has 0 fully saturated rings. The van der Waals surface area contributed by atoms with Gasteiger partial charge >= 0.3 is 0 Å². The Morgan fingerprint density at radius 2 is 1.78 bits per heavy atom. The highest BCUT2D eigenvalue weighted by Gasteiger charge is 2.09. The van der Waals surface area contributed by atoms with Gasteiger partial charge < -0.3 is 5.73 Å². The van der Waals surface area contributed by atoms with Crippen LogP contribution < -0.4 is 11.3 Å². The van der Waals surface area contributed by atoms with Crippen LogP contribution in [-0.2, 0) is 7.05 Å². The third-order valence-electron chi connectivity index (χ3n) is 3.15. The Labute approximate surface area is 104 Å². The highest BCUT2D eigenvalue weighted by molar-refractivity contribution is 5.90. The zero-order valence-electron chi connectivity index (χ0n) is 10.00. The minimum Gasteiger partial charge on any atom is -0.384 e. The van der Waals surface area contributed by atoms with E-state index in [1.807, 2.05) is 42.5 Å². The summed E-state index contributed by atoms with van der Waals surface area (Å²) in [6.45, 7) is 0. The number of benzene rings is 2. The van der Waals surface area contributed by atoms with Gasteiger partial charge in [0.2, 0.25) is 0 Å². The van der Waals surface area contributed by atoms with Gasteiger partial charge in [0.1, 0.15) is 5.82 Å². The van der Waals surface area contributed by atoms with E-state index >= 15 is 0 Å². The Morgan fingerprint density at radius 3 is 2.50 bits per heavy atom. The lowest BCUT2D eigenvalue weighted by atomic mass is 10.1. The summed E-state index contributed by atoms with van der Waals surface area (Å²) in [6.07, 6.45) is 0. The second-order valence-corrected chi connectivity index (χ2v) is 4.24. The van der Waals surface area contributed by atoms with E-state index < -0.39 is 0 Å². The lowest BCUT2D eigenvalue weighted by Gasteiger charge is -2.11. The molecule has 2 aromatic carbocycles. The molecule has 90 valence electrons. The molecule has 0 saturated heterocycles. The van der Waals surface area contributed by atoms with E-state index in [2.05, 4.69) is 0 Å². The van der Waals surface area contributed by atoms with E-state index in [0.717, 1.165) is 16.5 Å². The Bertz CT molecular complexity index is 778. The molecule has 0 aliphatic heterocycles. The fourth-order valence-corrected chi connectivity index (χ4v) is 2.22. The van der Waals surface area contributed by atoms with Crippen LogP contribution >= 0.6 is 0 Å². The van der Waals surface area contributed by atoms with Crippen molar-refractivity contribution in [1.82, 2.24) is 9.36 Å². The number of rotatable bonds is 1. The van der Waals surface area contributed by atoms with Crippen molar-refractivity contribution >= 4 is 16.6 Å². The first-order chi connectivity index (χ1) is 8.68. The van der Waals surface area contributed by atoms with Gasteiger partial charge in [0.15, 0.2) is 0 Å². The van der Waals surface area contributed by atoms with E-state index in [4.69, 9.17) is 5.73 Å². The average Bonchev–Trinajstić information content (AvgIpc) is 2.63. The molecule has 0 aliphatic carbocycles. The van der Waals surface area contributed by atoms with E-state index in [9.17, 15) is 4.79 Å². The SMILES string of the molecule is Cn1c(N)cc(=O)n1-c1cccc2ccccc12. The van der Waals surface area contributed by atoms with Crippen LogP contribution in [0.15, 0.2) is 53.3 Å². The van der Waals surface area contributed by atoms with Crippen LogP contribution in [0, 0.1) is 0 Å². The molecule has 2 N–H and O–H groups in total. The summed E-state index contributed by atoms with van der Waals surface area (Å²) in [7, 11) is 1.78. The van der Waals surface area contributed by atoms with Crippen molar-refractivity contribution in [2.45, 2.75) is 0 Å². The third-order valence-corrected chi connectivity index (χ3v) is 3.15. The summed E-state index contributed by atoms with van der Waals surface area (Å²) in [5.41, 5.74) is 6.49. The number of nitrogens with zero attached hydrogens (tertiary/aromatic N) is 2. The van der Waals surface area contributed by atoms with Crippen LogP contribution in [0.25, 0.3) is 16.5 Å². The molecular weight excluding hydrogens is 226 g/mol. The van der Waals surface area contributed by atoms with Gasteiger partial charge in [-0.3, -0.25) is 9.48 Å². The van der Waals surface area contributed by atoms with Gasteiger partial charge in [0.05, 0.1) is 5.69 Å². The van der Waals surface area contributed by atoms with Gasteiger partial charge in [0.25, 0.3) is 5.56 Å². The van der Waals surface area contributed by atoms with E-state index in [0.29, 0.717) is 5.82 Å². The van der Waals surface area contributed by atoms with Crippen LogP contribution in [-0.4, -0.2) is 9.36 Å². The molecule has 4 heteroatoms. The number of hydrogen-bond acceptors (Lipinski definition) is 2. The van der Waals surface area contributed by atoms with Crippen molar-refractivity contribution in [3.63, 3.8) is 0 Å². The Balaban J connectivity index is 2.42. The standard InChI is InChI=1S/C14H13N3O/c1-16-13(15)9-14(18)17(16)12-8-4-6-10-5-2-3-7-11(10)12/h2-9H,15H2,1H3. The molecule has 4 nitrogen and oxygen atoms in total. The number of nitrogens with two attached hydrogens (primary N) is 1. The molecule has 0 saturated carbocycles. The normalized spacial score (nSPS) is 10.9. The van der Waals surface area contributed by atoms with Crippen molar-refractivity contribution in [2.75, 3.05) is 5.73 Å². The number of hydrogen-bond donors (Lipinski definition) is 1. The molecule has 3 aromatic rings. The minimum atomic E-state index is -0.119. The molecule has 18 heavy (non-hydrogen) atoms. The second-order valence-electron chi connectivity index (χ2n) is 4.24. The molecule has 0 amide bonds. The summed E-state index contributed by atoms with van der Waals surface area (Å²) in [6, 6.07) is 15.3. The molecule has 0 bridgehead atoms. The van der Waals surface area contributed by atoms with Crippen molar-refractivity contribution in [3.05, 3.63) is 58.9 Å². The van der Waals surface area contributed by atoms with Gasteiger partial charge in [-0.1, -0.05) is 36.4 Å². The molecular formula is C14H13N3O. The molecule has 0 radical (unpaired) electrons. The second kappa shape index (κ2) is 3.77. The largest absolute Gasteiger partial charge is 0.384 e. The Kier molecular flexibility index (Phi) is 2.23. The fourth-order valence-electron chi connectivity index (χ4n) is 2.22. The predicted molar refractivity (Wildman–Crippen MR) is 72.9 cm³/mol. The van der Waals surface area contributed by atoms with Crippen LogP contribution in [0.5, 0.6) is 0 Å². The molecule has 0 spiro atoms. The zero-order chi connectivity index (χ0) is 12.7. The highest BCUT2D eigenvalue weighted by atomic mass is 16.1. The van der Waals surface area contributed by atoms with Crippen LogP contribution in [0.2, 0.25) is 0 Å². The van der Waals surface area contributed by atoms with E-state index in [1.165, 1.54) is 6.07 Å². The van der Waals surface area contributed by atoms with Crippen molar-refractivity contribution in [1.29, 1.82) is 0 Å². The maximum absolute atomic E-state index is 12.0. The van der Waals surface area contributed by atoms with Crippen molar-refractivity contribution in [3.8, 4) is 5.69 Å². The van der Waals surface area contributed by atoms with Gasteiger partial charge in [-0.25, -0.2) is 4.68 Å². The van der Waals surface area contributed by atoms with Gasteiger partial charge in [-0.15, -0.1) is 0 Å². The average molecular weight is 239 g/mol. The minimum absolute atomic E-state index is 0.119. The van der Waals surface area contributed by atoms with Crippen LogP contribution in [0.3, 0.4) is 0 Å². The number of nitrogen functional groups attached to an aromatic ring is 1. The Hall–Kier alpha value is -2.49. The zero-order valence-corrected chi connectivity index (χ0v) is 10.00. The molecule has 0 unspecified atom stereocenters. The fraction of sp³-hybridized carbons (Fsp3) is 0.0714. The number of anilines is 1. The lowest BCUT2D eigenvalue weighted by molar-refractivity contribution is 0.658.